The molecule has 1 aromatic carbocycles. The molecule has 0 radical (unpaired) electrons. The van der Waals surface area contributed by atoms with E-state index in [-0.39, 0.29) is 11.6 Å². The van der Waals surface area contributed by atoms with E-state index in [1.165, 1.54) is 0 Å². The molecule has 0 aliphatic carbocycles. The van der Waals surface area contributed by atoms with Crippen molar-refractivity contribution in [3.8, 4) is 0 Å². The molecule has 1 spiro atoms. The third kappa shape index (κ3) is 1.78. The number of fused-ring (bicyclic) bond motifs is 1. The van der Waals surface area contributed by atoms with Gasteiger partial charge in [0.15, 0.2) is 0 Å². The number of piperidine rings is 1. The number of nitrogens with one attached hydrogen (secondary N) is 1. The Balaban J connectivity index is 1.97. The number of benzene rings is 1. The van der Waals surface area contributed by atoms with Crippen LogP contribution in [0.15, 0.2) is 18.2 Å². The summed E-state index contributed by atoms with van der Waals surface area (Å²) < 4.78 is 5.66. The van der Waals surface area contributed by atoms with Crippen LogP contribution >= 0.6 is 0 Å². The zero-order valence-corrected chi connectivity index (χ0v) is 9.66. The average Bonchev–Trinajstić information content (AvgIpc) is 2.31. The van der Waals surface area contributed by atoms with Gasteiger partial charge >= 0.3 is 5.97 Å². The molecule has 0 unspecified atom stereocenters. The van der Waals surface area contributed by atoms with E-state index < -0.39 is 0 Å². The summed E-state index contributed by atoms with van der Waals surface area (Å²) in [5, 5.41) is 3.29. The third-order valence-corrected chi connectivity index (χ3v) is 3.69. The Kier molecular flexibility index (Phi) is 2.33. The zero-order chi connectivity index (χ0) is 11.9. The van der Waals surface area contributed by atoms with Crippen molar-refractivity contribution in [1.29, 1.82) is 0 Å². The fourth-order valence-corrected chi connectivity index (χ4v) is 2.73. The molecule has 0 amide bonds. The minimum Gasteiger partial charge on any atom is -0.455 e. The van der Waals surface area contributed by atoms with E-state index in [4.69, 9.17) is 10.5 Å². The monoisotopic (exact) mass is 232 g/mol. The molecule has 0 saturated carbocycles. The molecule has 1 saturated heterocycles. The molecule has 4 nitrogen and oxygen atoms in total. The fourth-order valence-electron chi connectivity index (χ4n) is 2.73. The molecule has 0 bridgehead atoms. The van der Waals surface area contributed by atoms with E-state index in [9.17, 15) is 4.79 Å². The average molecular weight is 232 g/mol. The van der Waals surface area contributed by atoms with E-state index in [2.05, 4.69) is 5.32 Å². The zero-order valence-electron chi connectivity index (χ0n) is 9.66. The number of nitrogens with two attached hydrogens (primary N) is 1. The minimum atomic E-state index is -0.286. The number of carbonyl (C=O) groups excluding carboxylic acids is 1. The summed E-state index contributed by atoms with van der Waals surface area (Å²) in [6.07, 6.45) is 2.60. The van der Waals surface area contributed by atoms with Crippen LogP contribution in [0.25, 0.3) is 0 Å². The molecule has 90 valence electrons. The van der Waals surface area contributed by atoms with Crippen molar-refractivity contribution in [2.45, 2.75) is 24.9 Å². The molecule has 2 heterocycles. The summed E-state index contributed by atoms with van der Waals surface area (Å²) in [5.74, 6) is -0.222. The lowest BCUT2D eigenvalue weighted by molar-refractivity contribution is -0.0397. The molecule has 3 rings (SSSR count). The Morgan fingerprint density at radius 1 is 1.29 bits per heavy atom. The summed E-state index contributed by atoms with van der Waals surface area (Å²) in [4.78, 5) is 12.0. The molecule has 2 aliphatic rings. The largest absolute Gasteiger partial charge is 0.455 e. The van der Waals surface area contributed by atoms with E-state index in [1.54, 1.807) is 6.07 Å². The van der Waals surface area contributed by atoms with Gasteiger partial charge in [-0.05, 0) is 30.8 Å². The molecular formula is C13H16N2O2. The van der Waals surface area contributed by atoms with Gasteiger partial charge in [-0.15, -0.1) is 0 Å². The normalized spacial score (nSPS) is 22.0. The Morgan fingerprint density at radius 2 is 2.06 bits per heavy atom. The molecule has 4 heteroatoms. The van der Waals surface area contributed by atoms with Crippen LogP contribution in [0, 0.1) is 0 Å². The maximum absolute atomic E-state index is 12.0. The van der Waals surface area contributed by atoms with E-state index in [1.807, 2.05) is 12.1 Å². The molecule has 1 aromatic rings. The highest BCUT2D eigenvalue weighted by Gasteiger charge is 2.41. The molecular weight excluding hydrogens is 216 g/mol. The molecule has 17 heavy (non-hydrogen) atoms. The van der Waals surface area contributed by atoms with Crippen molar-refractivity contribution in [3.63, 3.8) is 0 Å². The van der Waals surface area contributed by atoms with Gasteiger partial charge in [0.2, 0.25) is 0 Å². The molecule has 3 N–H and O–H groups in total. The van der Waals surface area contributed by atoms with Gasteiger partial charge in [0.05, 0.1) is 5.56 Å². The highest BCUT2D eigenvalue weighted by molar-refractivity contribution is 5.93. The number of ether oxygens (including phenoxy) is 1. The van der Waals surface area contributed by atoms with Gasteiger partial charge in [0.25, 0.3) is 0 Å². The van der Waals surface area contributed by atoms with E-state index >= 15 is 0 Å². The lowest BCUT2D eigenvalue weighted by Gasteiger charge is -2.40. The van der Waals surface area contributed by atoms with Crippen molar-refractivity contribution in [2.75, 3.05) is 18.8 Å². The number of carbonyl (C=O) groups is 1. The van der Waals surface area contributed by atoms with Crippen LogP contribution in [-0.2, 0) is 11.2 Å². The number of esters is 1. The van der Waals surface area contributed by atoms with E-state index in [0.29, 0.717) is 11.3 Å². The predicted octanol–water partition coefficient (Wildman–Crippen LogP) is 1.10. The van der Waals surface area contributed by atoms with Crippen LogP contribution in [0.2, 0.25) is 0 Å². The van der Waals surface area contributed by atoms with E-state index in [0.717, 1.165) is 37.9 Å². The first-order chi connectivity index (χ1) is 8.19. The first-order valence-corrected chi connectivity index (χ1v) is 6.01. The first-order valence-electron chi connectivity index (χ1n) is 6.01. The van der Waals surface area contributed by atoms with Crippen LogP contribution in [-0.4, -0.2) is 24.7 Å². The van der Waals surface area contributed by atoms with Gasteiger partial charge in [0.1, 0.15) is 5.60 Å². The smallest absolute Gasteiger partial charge is 0.339 e. The number of nitrogen functional groups attached to an aromatic ring is 1. The maximum atomic E-state index is 12.0. The van der Waals surface area contributed by atoms with Crippen LogP contribution in [0.1, 0.15) is 28.8 Å². The second kappa shape index (κ2) is 3.74. The fraction of sp³-hybridized carbons (Fsp3) is 0.462. The van der Waals surface area contributed by atoms with Crippen LogP contribution < -0.4 is 11.1 Å². The van der Waals surface area contributed by atoms with Crippen LogP contribution in [0.4, 0.5) is 5.69 Å². The van der Waals surface area contributed by atoms with Crippen molar-refractivity contribution in [1.82, 2.24) is 5.32 Å². The minimum absolute atomic E-state index is 0.222. The van der Waals surface area contributed by atoms with Gasteiger partial charge in [-0.3, -0.25) is 0 Å². The van der Waals surface area contributed by atoms with Gasteiger partial charge in [0, 0.05) is 24.9 Å². The number of hydrogen-bond donors (Lipinski definition) is 2. The summed E-state index contributed by atoms with van der Waals surface area (Å²) >= 11 is 0. The van der Waals surface area contributed by atoms with Crippen molar-refractivity contribution in [2.24, 2.45) is 0 Å². The summed E-state index contributed by atoms with van der Waals surface area (Å²) in [5.41, 5.74) is 7.72. The Bertz CT molecular complexity index is 464. The Labute approximate surface area is 100 Å². The van der Waals surface area contributed by atoms with Gasteiger partial charge < -0.3 is 15.8 Å². The maximum Gasteiger partial charge on any atom is 0.339 e. The van der Waals surface area contributed by atoms with Crippen molar-refractivity contribution >= 4 is 11.7 Å². The quantitative estimate of drug-likeness (QED) is 0.519. The number of anilines is 1. The number of hydrogen-bond acceptors (Lipinski definition) is 4. The van der Waals surface area contributed by atoms with Gasteiger partial charge in [-0.1, -0.05) is 6.07 Å². The third-order valence-electron chi connectivity index (χ3n) is 3.69. The summed E-state index contributed by atoms with van der Waals surface area (Å²) in [6, 6.07) is 5.52. The topological polar surface area (TPSA) is 64.4 Å². The standard InChI is InChI=1S/C13H16N2O2/c14-10-2-1-9-8-13(3-5-15-6-4-13)17-12(16)11(9)7-10/h1-2,7,15H,3-6,8,14H2. The van der Waals surface area contributed by atoms with Gasteiger partial charge in [-0.25, -0.2) is 4.79 Å². The van der Waals surface area contributed by atoms with Crippen LogP contribution in [0.5, 0.6) is 0 Å². The summed E-state index contributed by atoms with van der Waals surface area (Å²) in [6.45, 7) is 1.83. The predicted molar refractivity (Wildman–Crippen MR) is 64.8 cm³/mol. The molecule has 0 atom stereocenters. The highest BCUT2D eigenvalue weighted by Crippen LogP contribution is 2.35. The number of rotatable bonds is 0. The van der Waals surface area contributed by atoms with Crippen molar-refractivity contribution < 1.29 is 9.53 Å². The highest BCUT2D eigenvalue weighted by atomic mass is 16.6. The SMILES string of the molecule is Nc1ccc2c(c1)C(=O)OC1(CCNCC1)C2. The van der Waals surface area contributed by atoms with Gasteiger partial charge in [-0.2, -0.15) is 0 Å². The van der Waals surface area contributed by atoms with Crippen LogP contribution in [0.3, 0.4) is 0 Å². The second-order valence-electron chi connectivity index (χ2n) is 4.92. The molecule has 2 aliphatic heterocycles. The molecule has 0 aromatic heterocycles. The van der Waals surface area contributed by atoms with Crippen molar-refractivity contribution in [3.05, 3.63) is 29.3 Å². The second-order valence-corrected chi connectivity index (χ2v) is 4.92. The Morgan fingerprint density at radius 3 is 2.82 bits per heavy atom. The molecule has 1 fully saturated rings. The Hall–Kier alpha value is -1.55. The first kappa shape index (κ1) is 10.6. The lowest BCUT2D eigenvalue weighted by Crippen LogP contribution is -2.49. The lowest BCUT2D eigenvalue weighted by atomic mass is 9.82. The summed E-state index contributed by atoms with van der Waals surface area (Å²) in [7, 11) is 0.